The van der Waals surface area contributed by atoms with Gasteiger partial charge in [-0.3, -0.25) is 0 Å². The Kier molecular flexibility index (Phi) is 4.31. The zero-order chi connectivity index (χ0) is 16.6. The van der Waals surface area contributed by atoms with Crippen molar-refractivity contribution in [3.63, 3.8) is 0 Å². The molecule has 2 aromatic rings. The van der Waals surface area contributed by atoms with Gasteiger partial charge < -0.3 is 14.8 Å². The smallest absolute Gasteiger partial charge is 0.322 e. The van der Waals surface area contributed by atoms with Gasteiger partial charge in [-0.25, -0.2) is 9.18 Å². The fraction of sp³-hybridized carbons (Fsp3) is 0.353. The van der Waals surface area contributed by atoms with Gasteiger partial charge in [0, 0.05) is 30.7 Å². The highest BCUT2D eigenvalue weighted by atomic mass is 35.5. The van der Waals surface area contributed by atoms with Crippen LogP contribution in [-0.4, -0.2) is 22.0 Å². The zero-order valence-corrected chi connectivity index (χ0v) is 13.8. The lowest BCUT2D eigenvalue weighted by molar-refractivity contribution is 0.144. The van der Waals surface area contributed by atoms with Crippen molar-refractivity contribution in [1.82, 2.24) is 9.47 Å². The van der Waals surface area contributed by atoms with Crippen LogP contribution in [0.15, 0.2) is 36.5 Å². The molecule has 1 aliphatic rings. The third-order valence-corrected chi connectivity index (χ3v) is 4.44. The van der Waals surface area contributed by atoms with Crippen LogP contribution >= 0.6 is 11.6 Å². The summed E-state index contributed by atoms with van der Waals surface area (Å²) in [5.41, 5.74) is 1.63. The molecule has 2 heterocycles. The van der Waals surface area contributed by atoms with Crippen LogP contribution in [0.3, 0.4) is 0 Å². The van der Waals surface area contributed by atoms with E-state index in [1.165, 1.54) is 18.2 Å². The van der Waals surface area contributed by atoms with Gasteiger partial charge in [0.05, 0.1) is 11.1 Å². The van der Waals surface area contributed by atoms with Crippen molar-refractivity contribution < 1.29 is 9.18 Å². The average Bonchev–Trinajstić information content (AvgIpc) is 2.98. The Hall–Kier alpha value is -2.01. The minimum absolute atomic E-state index is 0.00395. The first-order chi connectivity index (χ1) is 11.0. The number of carbonyl (C=O) groups excluding carboxylic acids is 1. The molecule has 3 rings (SSSR count). The number of hydrogen-bond acceptors (Lipinski definition) is 1. The molecule has 1 aromatic heterocycles. The van der Waals surface area contributed by atoms with Crippen molar-refractivity contribution in [1.29, 1.82) is 0 Å². The first kappa shape index (κ1) is 15.9. The summed E-state index contributed by atoms with van der Waals surface area (Å²) in [6.45, 7) is 5.60. The number of aromatic nitrogens is 1. The molecule has 23 heavy (non-hydrogen) atoms. The van der Waals surface area contributed by atoms with Gasteiger partial charge in [-0.1, -0.05) is 25.4 Å². The Bertz CT molecular complexity index is 728. The van der Waals surface area contributed by atoms with E-state index >= 15 is 0 Å². The van der Waals surface area contributed by atoms with Crippen molar-refractivity contribution in [2.75, 3.05) is 11.9 Å². The van der Waals surface area contributed by atoms with Crippen LogP contribution in [0.1, 0.15) is 25.6 Å². The monoisotopic (exact) mass is 335 g/mol. The summed E-state index contributed by atoms with van der Waals surface area (Å²) in [5, 5.41) is 2.81. The number of anilines is 1. The second-order valence-corrected chi connectivity index (χ2v) is 6.47. The Labute approximate surface area is 139 Å². The van der Waals surface area contributed by atoms with E-state index in [9.17, 15) is 9.18 Å². The number of nitrogens with one attached hydrogen (secondary N) is 1. The molecule has 0 saturated heterocycles. The molecule has 0 fully saturated rings. The second kappa shape index (κ2) is 6.24. The number of benzene rings is 1. The quantitative estimate of drug-likeness (QED) is 0.860. The molecule has 6 heteroatoms. The maximum Gasteiger partial charge on any atom is 0.322 e. The molecule has 1 atom stereocenters. The average molecular weight is 336 g/mol. The van der Waals surface area contributed by atoms with E-state index in [2.05, 4.69) is 29.8 Å². The van der Waals surface area contributed by atoms with Gasteiger partial charge >= 0.3 is 6.03 Å². The molecule has 0 radical (unpaired) electrons. The van der Waals surface area contributed by atoms with Crippen LogP contribution in [0.4, 0.5) is 14.9 Å². The van der Waals surface area contributed by atoms with Crippen molar-refractivity contribution in [3.8, 4) is 0 Å². The predicted octanol–water partition coefficient (Wildman–Crippen LogP) is 4.53. The van der Waals surface area contributed by atoms with E-state index in [1.807, 2.05) is 17.2 Å². The Balaban J connectivity index is 1.82. The summed E-state index contributed by atoms with van der Waals surface area (Å²) in [6, 6.07) is 8.06. The molecular weight excluding hydrogens is 317 g/mol. The van der Waals surface area contributed by atoms with E-state index in [-0.39, 0.29) is 23.0 Å². The van der Waals surface area contributed by atoms with Gasteiger partial charge in [-0.15, -0.1) is 0 Å². The minimum Gasteiger partial charge on any atom is -0.348 e. The van der Waals surface area contributed by atoms with Crippen LogP contribution < -0.4 is 5.32 Å². The summed E-state index contributed by atoms with van der Waals surface area (Å²) in [4.78, 5) is 14.5. The van der Waals surface area contributed by atoms with E-state index in [0.717, 1.165) is 12.2 Å². The highest BCUT2D eigenvalue weighted by Crippen LogP contribution is 2.33. The first-order valence-electron chi connectivity index (χ1n) is 7.65. The highest BCUT2D eigenvalue weighted by molar-refractivity contribution is 6.31. The number of amides is 2. The van der Waals surface area contributed by atoms with Gasteiger partial charge in [0.2, 0.25) is 0 Å². The maximum absolute atomic E-state index is 13.2. The molecule has 0 bridgehead atoms. The Morgan fingerprint density at radius 3 is 2.83 bits per heavy atom. The number of nitrogens with zero attached hydrogens (tertiary/aromatic N) is 2. The van der Waals surface area contributed by atoms with Crippen molar-refractivity contribution in [2.24, 2.45) is 5.92 Å². The third kappa shape index (κ3) is 3.06. The highest BCUT2D eigenvalue weighted by Gasteiger charge is 2.32. The molecule has 2 amide bonds. The van der Waals surface area contributed by atoms with Crippen molar-refractivity contribution >= 4 is 23.3 Å². The number of rotatable bonds is 2. The van der Waals surface area contributed by atoms with E-state index < -0.39 is 5.82 Å². The molecule has 0 saturated carbocycles. The molecule has 122 valence electrons. The summed E-state index contributed by atoms with van der Waals surface area (Å²) in [7, 11) is 0. The lowest BCUT2D eigenvalue weighted by Gasteiger charge is -2.39. The number of hydrogen-bond donors (Lipinski definition) is 1. The van der Waals surface area contributed by atoms with Gasteiger partial charge in [0.1, 0.15) is 5.82 Å². The first-order valence-corrected chi connectivity index (χ1v) is 8.03. The van der Waals surface area contributed by atoms with Gasteiger partial charge in [-0.05, 0) is 36.2 Å². The lowest BCUT2D eigenvalue weighted by atomic mass is 9.97. The summed E-state index contributed by atoms with van der Waals surface area (Å²) >= 11 is 5.77. The lowest BCUT2D eigenvalue weighted by Crippen LogP contribution is -2.45. The number of halogens is 2. The fourth-order valence-electron chi connectivity index (χ4n) is 3.11. The maximum atomic E-state index is 13.2. The minimum atomic E-state index is -0.500. The fourth-order valence-corrected chi connectivity index (χ4v) is 3.29. The van der Waals surface area contributed by atoms with E-state index in [0.29, 0.717) is 12.2 Å². The van der Waals surface area contributed by atoms with Gasteiger partial charge in [-0.2, -0.15) is 0 Å². The summed E-state index contributed by atoms with van der Waals surface area (Å²) in [6.07, 6.45) is 2.04. The van der Waals surface area contributed by atoms with Gasteiger partial charge in [0.25, 0.3) is 0 Å². The molecule has 0 aliphatic carbocycles. The standard InChI is InChI=1S/C17H19ClFN3O/c1-11(2)16-15-4-3-7-21(15)8-9-22(16)17(23)20-12-5-6-14(19)13(18)10-12/h3-7,10-11,16H,8-9H2,1-2H3,(H,20,23)/t16-/m1/s1. The topological polar surface area (TPSA) is 37.3 Å². The van der Waals surface area contributed by atoms with E-state index in [1.54, 1.807) is 0 Å². The van der Waals surface area contributed by atoms with Gasteiger partial charge in [0.15, 0.2) is 0 Å². The molecule has 0 spiro atoms. The molecule has 1 N–H and O–H groups in total. The number of carbonyl (C=O) groups is 1. The Morgan fingerprint density at radius 2 is 2.13 bits per heavy atom. The van der Waals surface area contributed by atoms with Crippen LogP contribution in [0.25, 0.3) is 0 Å². The molecular formula is C17H19ClFN3O. The van der Waals surface area contributed by atoms with Crippen LogP contribution in [0, 0.1) is 11.7 Å². The summed E-state index contributed by atoms with van der Waals surface area (Å²) in [5.74, 6) is -0.216. The Morgan fingerprint density at radius 1 is 1.35 bits per heavy atom. The second-order valence-electron chi connectivity index (χ2n) is 6.07. The van der Waals surface area contributed by atoms with Crippen LogP contribution in [0.2, 0.25) is 5.02 Å². The number of urea groups is 1. The predicted molar refractivity (Wildman–Crippen MR) is 89.1 cm³/mol. The largest absolute Gasteiger partial charge is 0.348 e. The third-order valence-electron chi connectivity index (χ3n) is 4.15. The molecule has 0 unspecified atom stereocenters. The molecule has 1 aromatic carbocycles. The van der Waals surface area contributed by atoms with E-state index in [4.69, 9.17) is 11.6 Å². The normalized spacial score (nSPS) is 17.3. The van der Waals surface area contributed by atoms with Crippen LogP contribution in [-0.2, 0) is 6.54 Å². The van der Waals surface area contributed by atoms with Crippen molar-refractivity contribution in [2.45, 2.75) is 26.4 Å². The van der Waals surface area contributed by atoms with Crippen molar-refractivity contribution in [3.05, 3.63) is 53.1 Å². The molecule has 4 nitrogen and oxygen atoms in total. The van der Waals surface area contributed by atoms with Crippen LogP contribution in [0.5, 0.6) is 0 Å². The SMILES string of the molecule is CC(C)[C@@H]1c2cccn2CCN1C(=O)Nc1ccc(F)c(Cl)c1. The molecule has 1 aliphatic heterocycles. The summed E-state index contributed by atoms with van der Waals surface area (Å²) < 4.78 is 15.4. The zero-order valence-electron chi connectivity index (χ0n) is 13.1. The number of fused-ring (bicyclic) bond motifs is 1.